The molecule has 0 spiro atoms. The largest absolute Gasteiger partial charge is 0.480 e. The van der Waals surface area contributed by atoms with E-state index in [0.717, 1.165) is 11.0 Å². The number of aryl methyl sites for hydroxylation is 1. The summed E-state index contributed by atoms with van der Waals surface area (Å²) in [4.78, 5) is 24.5. The monoisotopic (exact) mass is 267 g/mol. The van der Waals surface area contributed by atoms with Crippen molar-refractivity contribution in [2.45, 2.75) is 25.5 Å². The number of aliphatic carboxylic acids is 1. The predicted molar refractivity (Wildman–Crippen MR) is 64.2 cm³/mol. The average molecular weight is 267 g/mol. The molecule has 102 valence electrons. The predicted octanol–water partition coefficient (Wildman–Crippen LogP) is 0.794. The number of amides is 1. The SMILES string of the molecule is Cc1cc(F)ccc1C(=O)N1CC(O)C[C@H]1C(=O)O. The van der Waals surface area contributed by atoms with Crippen LogP contribution in [0.15, 0.2) is 18.2 Å². The third-order valence-electron chi connectivity index (χ3n) is 3.24. The van der Waals surface area contributed by atoms with E-state index < -0.39 is 29.8 Å². The van der Waals surface area contributed by atoms with E-state index in [0.29, 0.717) is 5.56 Å². The number of halogens is 1. The fraction of sp³-hybridized carbons (Fsp3) is 0.385. The highest BCUT2D eigenvalue weighted by molar-refractivity contribution is 5.98. The highest BCUT2D eigenvalue weighted by Gasteiger charge is 2.39. The summed E-state index contributed by atoms with van der Waals surface area (Å²) in [5.74, 6) is -2.10. The van der Waals surface area contributed by atoms with Crippen LogP contribution in [0.3, 0.4) is 0 Å². The molecule has 1 fully saturated rings. The van der Waals surface area contributed by atoms with Gasteiger partial charge in [0.15, 0.2) is 0 Å². The Kier molecular flexibility index (Phi) is 3.53. The van der Waals surface area contributed by atoms with Crippen LogP contribution >= 0.6 is 0 Å². The zero-order valence-electron chi connectivity index (χ0n) is 10.3. The zero-order valence-corrected chi connectivity index (χ0v) is 10.3. The fourth-order valence-corrected chi connectivity index (χ4v) is 2.29. The Labute approximate surface area is 109 Å². The van der Waals surface area contributed by atoms with Crippen molar-refractivity contribution < 1.29 is 24.2 Å². The van der Waals surface area contributed by atoms with E-state index in [4.69, 9.17) is 5.11 Å². The van der Waals surface area contributed by atoms with Crippen molar-refractivity contribution in [2.24, 2.45) is 0 Å². The first kappa shape index (κ1) is 13.5. The Hall–Kier alpha value is -1.95. The molecule has 0 aliphatic carbocycles. The van der Waals surface area contributed by atoms with E-state index in [-0.39, 0.29) is 18.5 Å². The lowest BCUT2D eigenvalue weighted by Gasteiger charge is -2.22. The number of hydrogen-bond acceptors (Lipinski definition) is 3. The number of nitrogens with zero attached hydrogens (tertiary/aromatic N) is 1. The fourth-order valence-electron chi connectivity index (χ4n) is 2.29. The number of aliphatic hydroxyl groups is 1. The third kappa shape index (κ3) is 2.58. The second-order valence-electron chi connectivity index (χ2n) is 4.66. The van der Waals surface area contributed by atoms with Gasteiger partial charge in [-0.15, -0.1) is 0 Å². The Balaban J connectivity index is 2.30. The van der Waals surface area contributed by atoms with Gasteiger partial charge in [-0.25, -0.2) is 9.18 Å². The molecular weight excluding hydrogens is 253 g/mol. The molecule has 1 heterocycles. The van der Waals surface area contributed by atoms with E-state index in [2.05, 4.69) is 0 Å². The van der Waals surface area contributed by atoms with Gasteiger partial charge in [0.2, 0.25) is 0 Å². The number of carboxylic acid groups (broad SMARTS) is 1. The number of β-amino-alcohol motifs (C(OH)–C–C–N with tert-alkyl or cyclic N) is 1. The normalized spacial score (nSPS) is 22.6. The van der Waals surface area contributed by atoms with Crippen LogP contribution in [-0.2, 0) is 4.79 Å². The molecule has 5 nitrogen and oxygen atoms in total. The minimum absolute atomic E-state index is 0.0152. The van der Waals surface area contributed by atoms with E-state index in [9.17, 15) is 19.1 Å². The van der Waals surface area contributed by atoms with Crippen molar-refractivity contribution >= 4 is 11.9 Å². The number of likely N-dealkylation sites (tertiary alicyclic amines) is 1. The molecule has 0 radical (unpaired) electrons. The van der Waals surface area contributed by atoms with Gasteiger partial charge in [0.05, 0.1) is 6.10 Å². The Bertz CT molecular complexity index is 531. The van der Waals surface area contributed by atoms with Crippen molar-refractivity contribution in [3.8, 4) is 0 Å². The quantitative estimate of drug-likeness (QED) is 0.830. The van der Waals surface area contributed by atoms with Crippen LogP contribution < -0.4 is 0 Å². The number of hydrogen-bond donors (Lipinski definition) is 2. The molecule has 0 saturated carbocycles. The summed E-state index contributed by atoms with van der Waals surface area (Å²) in [7, 11) is 0. The summed E-state index contributed by atoms with van der Waals surface area (Å²) in [5, 5.41) is 18.6. The summed E-state index contributed by atoms with van der Waals surface area (Å²) >= 11 is 0. The van der Waals surface area contributed by atoms with Crippen molar-refractivity contribution in [3.63, 3.8) is 0 Å². The number of carbonyl (C=O) groups is 2. The lowest BCUT2D eigenvalue weighted by Crippen LogP contribution is -2.40. The number of carboxylic acids is 1. The lowest BCUT2D eigenvalue weighted by atomic mass is 10.1. The molecule has 1 unspecified atom stereocenters. The molecule has 0 aromatic heterocycles. The van der Waals surface area contributed by atoms with Crippen LogP contribution in [-0.4, -0.2) is 45.7 Å². The average Bonchev–Trinajstić information content (AvgIpc) is 2.70. The number of carbonyl (C=O) groups excluding carboxylic acids is 1. The Morgan fingerprint density at radius 2 is 2.11 bits per heavy atom. The number of aliphatic hydroxyl groups excluding tert-OH is 1. The van der Waals surface area contributed by atoms with Crippen LogP contribution in [0.2, 0.25) is 0 Å². The first-order chi connectivity index (χ1) is 8.90. The first-order valence-electron chi connectivity index (χ1n) is 5.88. The van der Waals surface area contributed by atoms with E-state index in [1.807, 2.05) is 0 Å². The van der Waals surface area contributed by atoms with Crippen LogP contribution in [0, 0.1) is 12.7 Å². The zero-order chi connectivity index (χ0) is 14.2. The second kappa shape index (κ2) is 4.97. The smallest absolute Gasteiger partial charge is 0.326 e. The molecule has 6 heteroatoms. The van der Waals surface area contributed by atoms with Gasteiger partial charge in [0.25, 0.3) is 5.91 Å². The first-order valence-corrected chi connectivity index (χ1v) is 5.88. The maximum atomic E-state index is 13.0. The van der Waals surface area contributed by atoms with Crippen LogP contribution in [0.4, 0.5) is 4.39 Å². The van der Waals surface area contributed by atoms with Gasteiger partial charge >= 0.3 is 5.97 Å². The topological polar surface area (TPSA) is 77.8 Å². The standard InChI is InChI=1S/C13H14FNO4/c1-7-4-8(14)2-3-10(7)12(17)15-6-9(16)5-11(15)13(18)19/h2-4,9,11,16H,5-6H2,1H3,(H,18,19)/t9?,11-/m0/s1. The molecule has 1 amide bonds. The number of benzene rings is 1. The molecule has 1 aliphatic rings. The van der Waals surface area contributed by atoms with Gasteiger partial charge in [-0.05, 0) is 30.7 Å². The molecule has 1 aromatic carbocycles. The maximum Gasteiger partial charge on any atom is 0.326 e. The van der Waals surface area contributed by atoms with Gasteiger partial charge in [0, 0.05) is 18.5 Å². The molecule has 0 bridgehead atoms. The highest BCUT2D eigenvalue weighted by Crippen LogP contribution is 2.22. The Morgan fingerprint density at radius 1 is 1.42 bits per heavy atom. The third-order valence-corrected chi connectivity index (χ3v) is 3.24. The Morgan fingerprint density at radius 3 is 2.68 bits per heavy atom. The molecule has 2 N–H and O–H groups in total. The van der Waals surface area contributed by atoms with Crippen LogP contribution in [0.5, 0.6) is 0 Å². The van der Waals surface area contributed by atoms with Gasteiger partial charge in [-0.1, -0.05) is 0 Å². The van der Waals surface area contributed by atoms with Gasteiger partial charge in [-0.2, -0.15) is 0 Å². The van der Waals surface area contributed by atoms with E-state index >= 15 is 0 Å². The van der Waals surface area contributed by atoms with Crippen LogP contribution in [0.25, 0.3) is 0 Å². The maximum absolute atomic E-state index is 13.0. The summed E-state index contributed by atoms with van der Waals surface area (Å²) < 4.78 is 13.0. The second-order valence-corrected chi connectivity index (χ2v) is 4.66. The molecule has 1 aromatic rings. The van der Waals surface area contributed by atoms with Crippen molar-refractivity contribution in [2.75, 3.05) is 6.54 Å². The van der Waals surface area contributed by atoms with Crippen molar-refractivity contribution in [1.29, 1.82) is 0 Å². The molecule has 19 heavy (non-hydrogen) atoms. The van der Waals surface area contributed by atoms with Crippen molar-refractivity contribution in [3.05, 3.63) is 35.1 Å². The summed E-state index contributed by atoms with van der Waals surface area (Å²) in [6.45, 7) is 1.56. The van der Waals surface area contributed by atoms with Gasteiger partial charge < -0.3 is 15.1 Å². The molecule has 2 atom stereocenters. The molecule has 2 rings (SSSR count). The summed E-state index contributed by atoms with van der Waals surface area (Å²) in [6.07, 6.45) is -0.827. The molecular formula is C13H14FNO4. The van der Waals surface area contributed by atoms with Crippen molar-refractivity contribution in [1.82, 2.24) is 4.90 Å². The molecule has 1 saturated heterocycles. The summed E-state index contributed by atoms with van der Waals surface area (Å²) in [6, 6.07) is 2.67. The highest BCUT2D eigenvalue weighted by atomic mass is 19.1. The minimum Gasteiger partial charge on any atom is -0.480 e. The van der Waals surface area contributed by atoms with Gasteiger partial charge in [0.1, 0.15) is 11.9 Å². The van der Waals surface area contributed by atoms with Gasteiger partial charge in [-0.3, -0.25) is 4.79 Å². The summed E-state index contributed by atoms with van der Waals surface area (Å²) in [5.41, 5.74) is 0.692. The number of rotatable bonds is 2. The lowest BCUT2D eigenvalue weighted by molar-refractivity contribution is -0.141. The molecule has 1 aliphatic heterocycles. The minimum atomic E-state index is -1.15. The van der Waals surface area contributed by atoms with Crippen LogP contribution in [0.1, 0.15) is 22.3 Å². The van der Waals surface area contributed by atoms with E-state index in [1.165, 1.54) is 12.1 Å². The van der Waals surface area contributed by atoms with E-state index in [1.54, 1.807) is 6.92 Å².